The molecule has 1 aromatic carbocycles. The van der Waals surface area contributed by atoms with Crippen molar-refractivity contribution in [1.29, 1.82) is 0 Å². The number of ether oxygens (including phenoxy) is 1. The van der Waals surface area contributed by atoms with Crippen molar-refractivity contribution in [3.05, 3.63) is 88.7 Å². The molecule has 1 atom stereocenters. The van der Waals surface area contributed by atoms with Crippen molar-refractivity contribution in [2.45, 2.75) is 53.0 Å². The largest absolute Gasteiger partial charge is 0.462 e. The fourth-order valence-electron chi connectivity index (χ4n) is 3.85. The van der Waals surface area contributed by atoms with E-state index >= 15 is 0 Å². The summed E-state index contributed by atoms with van der Waals surface area (Å²) in [7, 11) is 0. The Labute approximate surface area is 207 Å². The number of allylic oxidation sites excluding steroid dienone is 1. The molecule has 4 rings (SSSR count). The highest BCUT2D eigenvalue weighted by atomic mass is 32.1. The summed E-state index contributed by atoms with van der Waals surface area (Å²) in [5.74, 6) is -0.198. The maximum absolute atomic E-state index is 13.6. The number of nitrogens with zero attached hydrogens (tertiary/aromatic N) is 2. The van der Waals surface area contributed by atoms with E-state index in [0.717, 1.165) is 10.4 Å². The Balaban J connectivity index is 1.82. The van der Waals surface area contributed by atoms with Crippen molar-refractivity contribution >= 4 is 34.7 Å². The second-order valence-corrected chi connectivity index (χ2v) is 11.9. The number of aromatic nitrogens is 1. The molecule has 0 spiro atoms. The molecule has 2 aromatic heterocycles. The van der Waals surface area contributed by atoms with Gasteiger partial charge in [0.25, 0.3) is 5.56 Å². The van der Waals surface area contributed by atoms with Gasteiger partial charge in [-0.05, 0) is 46.9 Å². The molecule has 1 aliphatic rings. The highest BCUT2D eigenvalue weighted by Gasteiger charge is 2.34. The van der Waals surface area contributed by atoms with Gasteiger partial charge >= 0.3 is 5.97 Å². The van der Waals surface area contributed by atoms with Gasteiger partial charge in [0.15, 0.2) is 4.80 Å². The number of fused-ring (bicyclic) bond motifs is 1. The van der Waals surface area contributed by atoms with Crippen LogP contribution in [0.3, 0.4) is 0 Å². The number of thiophene rings is 1. The van der Waals surface area contributed by atoms with Crippen LogP contribution in [0.1, 0.15) is 63.6 Å². The van der Waals surface area contributed by atoms with Crippen molar-refractivity contribution in [2.24, 2.45) is 10.9 Å². The van der Waals surface area contributed by atoms with E-state index in [9.17, 15) is 9.59 Å². The summed E-state index contributed by atoms with van der Waals surface area (Å²) in [5.41, 5.74) is 3.13. The quantitative estimate of drug-likeness (QED) is 0.479. The van der Waals surface area contributed by atoms with E-state index in [2.05, 4.69) is 37.9 Å². The van der Waals surface area contributed by atoms with Crippen LogP contribution < -0.4 is 14.9 Å². The molecular formula is C27H30N2O3S2. The standard InChI is InChI=1S/C27H30N2O3S2/c1-16(2)15-32-25(31)22-17(3)28-26-29(23(22)20-8-7-13-33-20)24(30)21(34-26)14-18-9-11-19(12-10-18)27(4,5)6/h7-14,16,23H,15H2,1-6H3/b21-14+/t23-/m1/s1. The minimum absolute atomic E-state index is 0.0662. The lowest BCUT2D eigenvalue weighted by Crippen LogP contribution is -2.39. The smallest absolute Gasteiger partial charge is 0.338 e. The van der Waals surface area contributed by atoms with Crippen LogP contribution >= 0.6 is 22.7 Å². The minimum atomic E-state index is -0.540. The Bertz CT molecular complexity index is 1400. The van der Waals surface area contributed by atoms with Gasteiger partial charge in [-0.15, -0.1) is 11.3 Å². The van der Waals surface area contributed by atoms with Crippen LogP contribution in [-0.4, -0.2) is 17.1 Å². The van der Waals surface area contributed by atoms with Gasteiger partial charge in [0, 0.05) is 4.88 Å². The van der Waals surface area contributed by atoms with Gasteiger partial charge in [0.05, 0.1) is 22.4 Å². The Morgan fingerprint density at radius 2 is 1.91 bits per heavy atom. The van der Waals surface area contributed by atoms with Crippen LogP contribution in [0.15, 0.2) is 62.8 Å². The van der Waals surface area contributed by atoms with Crippen molar-refractivity contribution in [3.63, 3.8) is 0 Å². The molecule has 0 radical (unpaired) electrons. The van der Waals surface area contributed by atoms with Crippen molar-refractivity contribution in [3.8, 4) is 0 Å². The molecule has 34 heavy (non-hydrogen) atoms. The van der Waals surface area contributed by atoms with Crippen LogP contribution in [0.2, 0.25) is 0 Å². The van der Waals surface area contributed by atoms with E-state index in [1.807, 2.05) is 56.5 Å². The number of esters is 1. The zero-order valence-corrected chi connectivity index (χ0v) is 22.0. The van der Waals surface area contributed by atoms with Crippen LogP contribution in [-0.2, 0) is 14.9 Å². The first kappa shape index (κ1) is 24.4. The van der Waals surface area contributed by atoms with E-state index in [1.165, 1.54) is 28.2 Å². The van der Waals surface area contributed by atoms with Crippen molar-refractivity contribution in [1.82, 2.24) is 4.57 Å². The number of hydrogen-bond acceptors (Lipinski definition) is 6. The Morgan fingerprint density at radius 1 is 1.21 bits per heavy atom. The van der Waals surface area contributed by atoms with Gasteiger partial charge in [0.2, 0.25) is 0 Å². The molecular weight excluding hydrogens is 464 g/mol. The van der Waals surface area contributed by atoms with Crippen LogP contribution in [0.25, 0.3) is 6.08 Å². The highest BCUT2D eigenvalue weighted by Crippen LogP contribution is 2.33. The molecule has 0 amide bonds. The lowest BCUT2D eigenvalue weighted by molar-refractivity contribution is -0.140. The summed E-state index contributed by atoms with van der Waals surface area (Å²) >= 11 is 2.87. The highest BCUT2D eigenvalue weighted by molar-refractivity contribution is 7.10. The molecule has 0 fully saturated rings. The van der Waals surface area contributed by atoms with Crippen molar-refractivity contribution in [2.75, 3.05) is 6.61 Å². The van der Waals surface area contributed by atoms with Crippen LogP contribution in [0.5, 0.6) is 0 Å². The van der Waals surface area contributed by atoms with Gasteiger partial charge < -0.3 is 4.74 Å². The molecule has 0 saturated carbocycles. The zero-order chi connectivity index (χ0) is 24.6. The van der Waals surface area contributed by atoms with Crippen molar-refractivity contribution < 1.29 is 9.53 Å². The summed E-state index contributed by atoms with van der Waals surface area (Å²) in [6.07, 6.45) is 1.90. The number of rotatable bonds is 5. The fourth-order valence-corrected chi connectivity index (χ4v) is 5.72. The maximum atomic E-state index is 13.6. The Hall–Kier alpha value is -2.77. The normalized spacial score (nSPS) is 16.6. The fraction of sp³-hybridized carbons (Fsp3) is 0.370. The number of hydrogen-bond donors (Lipinski definition) is 0. The third kappa shape index (κ3) is 4.86. The van der Waals surface area contributed by atoms with Gasteiger partial charge in [-0.2, -0.15) is 0 Å². The molecule has 7 heteroatoms. The van der Waals surface area contributed by atoms with E-state index in [4.69, 9.17) is 4.74 Å². The first-order chi connectivity index (χ1) is 16.1. The number of carbonyl (C=O) groups is 1. The lowest BCUT2D eigenvalue weighted by atomic mass is 9.87. The Morgan fingerprint density at radius 3 is 2.50 bits per heavy atom. The summed E-state index contributed by atoms with van der Waals surface area (Å²) in [6.45, 7) is 12.7. The van der Waals surface area contributed by atoms with E-state index in [-0.39, 0.29) is 16.9 Å². The molecule has 0 aliphatic carbocycles. The summed E-state index contributed by atoms with van der Waals surface area (Å²) in [4.78, 5) is 32.9. The predicted molar refractivity (Wildman–Crippen MR) is 139 cm³/mol. The average molecular weight is 495 g/mol. The molecule has 5 nitrogen and oxygen atoms in total. The molecule has 1 aliphatic heterocycles. The number of carbonyl (C=O) groups excluding carboxylic acids is 1. The second kappa shape index (κ2) is 9.47. The van der Waals surface area contributed by atoms with Gasteiger partial charge in [-0.3, -0.25) is 9.36 Å². The van der Waals surface area contributed by atoms with Gasteiger partial charge in [-0.1, -0.05) is 76.3 Å². The third-order valence-electron chi connectivity index (χ3n) is 5.68. The van der Waals surface area contributed by atoms with Gasteiger partial charge in [-0.25, -0.2) is 9.79 Å². The van der Waals surface area contributed by atoms with E-state index in [0.29, 0.717) is 27.2 Å². The lowest BCUT2D eigenvalue weighted by Gasteiger charge is -2.23. The van der Waals surface area contributed by atoms with E-state index in [1.54, 1.807) is 4.57 Å². The third-order valence-corrected chi connectivity index (χ3v) is 7.58. The molecule has 178 valence electrons. The molecule has 0 saturated heterocycles. The molecule has 3 heterocycles. The molecule has 0 unspecified atom stereocenters. The molecule has 0 N–H and O–H groups in total. The summed E-state index contributed by atoms with van der Waals surface area (Å²) < 4.78 is 7.80. The predicted octanol–water partition coefficient (Wildman–Crippen LogP) is 4.79. The monoisotopic (exact) mass is 494 g/mol. The molecule has 3 aromatic rings. The van der Waals surface area contributed by atoms with Crippen LogP contribution in [0, 0.1) is 5.92 Å². The maximum Gasteiger partial charge on any atom is 0.338 e. The van der Waals surface area contributed by atoms with E-state index < -0.39 is 12.0 Å². The summed E-state index contributed by atoms with van der Waals surface area (Å²) in [5, 5.41) is 1.95. The first-order valence-corrected chi connectivity index (χ1v) is 13.1. The zero-order valence-electron chi connectivity index (χ0n) is 20.4. The van der Waals surface area contributed by atoms with Crippen LogP contribution in [0.4, 0.5) is 0 Å². The number of benzene rings is 1. The average Bonchev–Trinajstić information content (AvgIpc) is 3.40. The second-order valence-electron chi connectivity index (χ2n) is 9.96. The topological polar surface area (TPSA) is 60.7 Å². The Kier molecular flexibility index (Phi) is 6.78. The minimum Gasteiger partial charge on any atom is -0.462 e. The molecule has 0 bridgehead atoms. The first-order valence-electron chi connectivity index (χ1n) is 11.4. The SMILES string of the molecule is CC1=C(C(=O)OCC(C)C)[C@@H](c2cccs2)n2c(s/c(=C/c3ccc(C(C)(C)C)cc3)c2=O)=N1. The van der Waals surface area contributed by atoms with Gasteiger partial charge in [0.1, 0.15) is 6.04 Å². The summed E-state index contributed by atoms with van der Waals surface area (Å²) in [6, 6.07) is 11.6. The number of thiazole rings is 1.